The summed E-state index contributed by atoms with van der Waals surface area (Å²) in [4.78, 5) is 2.22. The number of benzene rings is 1. The van der Waals surface area contributed by atoms with Gasteiger partial charge in [-0.15, -0.1) is 0 Å². The molecule has 1 fully saturated rings. The third kappa shape index (κ3) is 3.76. The Hall–Kier alpha value is -0.940. The third-order valence-electron chi connectivity index (χ3n) is 4.02. The first-order chi connectivity index (χ1) is 9.10. The fourth-order valence-corrected chi connectivity index (χ4v) is 2.65. The van der Waals surface area contributed by atoms with E-state index < -0.39 is 6.10 Å². The van der Waals surface area contributed by atoms with Crippen molar-refractivity contribution in [3.05, 3.63) is 35.4 Å². The topological polar surface area (TPSA) is 69.7 Å². The molecule has 0 radical (unpaired) electrons. The Labute approximate surface area is 114 Å². The average Bonchev–Trinajstić information content (AvgIpc) is 2.87. The SMILES string of the molecule is CC(O)C1CCN(CC(O)c2ccc(CN)cc2)C1. The van der Waals surface area contributed by atoms with Crippen LogP contribution in [-0.4, -0.2) is 40.9 Å². The van der Waals surface area contributed by atoms with Gasteiger partial charge in [0.25, 0.3) is 0 Å². The van der Waals surface area contributed by atoms with Gasteiger partial charge in [-0.3, -0.25) is 0 Å². The van der Waals surface area contributed by atoms with Gasteiger partial charge in [-0.05, 0) is 36.9 Å². The molecule has 0 amide bonds. The smallest absolute Gasteiger partial charge is 0.0916 e. The van der Waals surface area contributed by atoms with Gasteiger partial charge in [0.15, 0.2) is 0 Å². The van der Waals surface area contributed by atoms with Gasteiger partial charge < -0.3 is 20.8 Å². The molecule has 1 aromatic carbocycles. The zero-order valence-electron chi connectivity index (χ0n) is 11.5. The predicted octanol–water partition coefficient (Wildman–Crippen LogP) is 0.881. The summed E-state index contributed by atoms with van der Waals surface area (Å²) in [6.07, 6.45) is 0.279. The molecular weight excluding hydrogens is 240 g/mol. The van der Waals surface area contributed by atoms with E-state index in [4.69, 9.17) is 5.73 Å². The number of aliphatic hydroxyl groups is 2. The largest absolute Gasteiger partial charge is 0.393 e. The molecule has 2 rings (SSSR count). The van der Waals surface area contributed by atoms with Gasteiger partial charge >= 0.3 is 0 Å². The molecule has 1 saturated heterocycles. The molecule has 19 heavy (non-hydrogen) atoms. The number of rotatable bonds is 5. The fraction of sp³-hybridized carbons (Fsp3) is 0.600. The Kier molecular flexibility index (Phi) is 4.93. The zero-order valence-corrected chi connectivity index (χ0v) is 11.5. The van der Waals surface area contributed by atoms with Crippen LogP contribution in [0.3, 0.4) is 0 Å². The van der Waals surface area contributed by atoms with Crippen LogP contribution in [0.1, 0.15) is 30.6 Å². The maximum absolute atomic E-state index is 10.2. The van der Waals surface area contributed by atoms with Crippen molar-refractivity contribution >= 4 is 0 Å². The monoisotopic (exact) mass is 264 g/mol. The summed E-state index contributed by atoms with van der Waals surface area (Å²) in [6, 6.07) is 7.80. The number of nitrogens with two attached hydrogens (primary N) is 1. The van der Waals surface area contributed by atoms with Crippen LogP contribution in [0.25, 0.3) is 0 Å². The Morgan fingerprint density at radius 2 is 2.00 bits per heavy atom. The fourth-order valence-electron chi connectivity index (χ4n) is 2.65. The van der Waals surface area contributed by atoms with Crippen LogP contribution in [0.2, 0.25) is 0 Å². The van der Waals surface area contributed by atoms with Gasteiger partial charge in [-0.2, -0.15) is 0 Å². The van der Waals surface area contributed by atoms with E-state index in [0.29, 0.717) is 19.0 Å². The average molecular weight is 264 g/mol. The summed E-state index contributed by atoms with van der Waals surface area (Å²) >= 11 is 0. The van der Waals surface area contributed by atoms with E-state index in [1.807, 2.05) is 31.2 Å². The van der Waals surface area contributed by atoms with Crippen molar-refractivity contribution in [2.45, 2.75) is 32.1 Å². The lowest BCUT2D eigenvalue weighted by Crippen LogP contribution is -2.28. The zero-order chi connectivity index (χ0) is 13.8. The molecule has 0 spiro atoms. The molecule has 0 aromatic heterocycles. The molecule has 1 aromatic rings. The highest BCUT2D eigenvalue weighted by atomic mass is 16.3. The van der Waals surface area contributed by atoms with E-state index in [1.54, 1.807) is 0 Å². The van der Waals surface area contributed by atoms with Crippen LogP contribution in [0.5, 0.6) is 0 Å². The molecule has 1 aliphatic rings. The maximum Gasteiger partial charge on any atom is 0.0916 e. The highest BCUT2D eigenvalue weighted by Gasteiger charge is 2.27. The first-order valence-corrected chi connectivity index (χ1v) is 6.97. The lowest BCUT2D eigenvalue weighted by Gasteiger charge is -2.21. The second kappa shape index (κ2) is 6.48. The minimum atomic E-state index is -0.473. The molecule has 4 N–H and O–H groups in total. The second-order valence-corrected chi connectivity index (χ2v) is 5.51. The second-order valence-electron chi connectivity index (χ2n) is 5.51. The summed E-state index contributed by atoms with van der Waals surface area (Å²) in [5, 5.41) is 19.8. The van der Waals surface area contributed by atoms with Crippen molar-refractivity contribution in [1.29, 1.82) is 0 Å². The number of β-amino-alcohol motifs (C(OH)–C–C–N with tert-alkyl or cyclic N) is 1. The van der Waals surface area contributed by atoms with Gasteiger partial charge in [0, 0.05) is 19.6 Å². The summed E-state index contributed by atoms with van der Waals surface area (Å²) < 4.78 is 0. The Morgan fingerprint density at radius 1 is 1.32 bits per heavy atom. The lowest BCUT2D eigenvalue weighted by atomic mass is 10.0. The molecule has 4 nitrogen and oxygen atoms in total. The molecule has 3 atom stereocenters. The van der Waals surface area contributed by atoms with Crippen LogP contribution in [-0.2, 0) is 6.54 Å². The van der Waals surface area contributed by atoms with E-state index in [2.05, 4.69) is 4.90 Å². The van der Waals surface area contributed by atoms with Gasteiger partial charge in [-0.1, -0.05) is 24.3 Å². The molecule has 0 saturated carbocycles. The summed E-state index contributed by atoms with van der Waals surface area (Å²) in [5.41, 5.74) is 7.56. The van der Waals surface area contributed by atoms with Crippen molar-refractivity contribution in [2.75, 3.05) is 19.6 Å². The van der Waals surface area contributed by atoms with Crippen LogP contribution in [0, 0.1) is 5.92 Å². The van der Waals surface area contributed by atoms with Crippen molar-refractivity contribution in [3.8, 4) is 0 Å². The summed E-state index contributed by atoms with van der Waals surface area (Å²) in [7, 11) is 0. The number of nitrogens with zero attached hydrogens (tertiary/aromatic N) is 1. The molecule has 106 valence electrons. The van der Waals surface area contributed by atoms with E-state index in [1.165, 1.54) is 0 Å². The highest BCUT2D eigenvalue weighted by Crippen LogP contribution is 2.23. The van der Waals surface area contributed by atoms with Crippen LogP contribution in [0.4, 0.5) is 0 Å². The van der Waals surface area contributed by atoms with E-state index >= 15 is 0 Å². The summed E-state index contributed by atoms with van der Waals surface area (Å²) in [6.45, 7) is 4.82. The number of hydrogen-bond acceptors (Lipinski definition) is 4. The molecule has 1 aliphatic heterocycles. The molecule has 0 bridgehead atoms. The van der Waals surface area contributed by atoms with Gasteiger partial charge in [0.2, 0.25) is 0 Å². The standard InChI is InChI=1S/C15H24N2O2/c1-11(18)14-6-7-17(9-14)10-15(19)13-4-2-12(8-16)3-5-13/h2-5,11,14-15,18-19H,6-10,16H2,1H3. The van der Waals surface area contributed by atoms with Crippen LogP contribution in [0.15, 0.2) is 24.3 Å². The van der Waals surface area contributed by atoms with Gasteiger partial charge in [0.1, 0.15) is 0 Å². The van der Waals surface area contributed by atoms with Crippen molar-refractivity contribution in [1.82, 2.24) is 4.90 Å². The molecule has 4 heteroatoms. The van der Waals surface area contributed by atoms with Crippen molar-refractivity contribution < 1.29 is 10.2 Å². The predicted molar refractivity (Wildman–Crippen MR) is 75.5 cm³/mol. The Balaban J connectivity index is 1.88. The van der Waals surface area contributed by atoms with Gasteiger partial charge in [0.05, 0.1) is 12.2 Å². The van der Waals surface area contributed by atoms with E-state index in [-0.39, 0.29) is 6.10 Å². The lowest BCUT2D eigenvalue weighted by molar-refractivity contribution is 0.104. The first kappa shape index (κ1) is 14.5. The molecular formula is C15H24N2O2. The molecule has 0 aliphatic carbocycles. The van der Waals surface area contributed by atoms with E-state index in [0.717, 1.165) is 30.6 Å². The van der Waals surface area contributed by atoms with E-state index in [9.17, 15) is 10.2 Å². The quantitative estimate of drug-likeness (QED) is 0.738. The van der Waals surface area contributed by atoms with Crippen LogP contribution >= 0.6 is 0 Å². The molecule has 1 heterocycles. The van der Waals surface area contributed by atoms with Crippen LogP contribution < -0.4 is 5.73 Å². The third-order valence-corrected chi connectivity index (χ3v) is 4.02. The Bertz CT molecular complexity index is 392. The highest BCUT2D eigenvalue weighted by molar-refractivity contribution is 5.24. The molecule has 3 unspecified atom stereocenters. The van der Waals surface area contributed by atoms with Crippen molar-refractivity contribution in [3.63, 3.8) is 0 Å². The minimum Gasteiger partial charge on any atom is -0.393 e. The summed E-state index contributed by atoms with van der Waals surface area (Å²) in [5.74, 6) is 0.340. The van der Waals surface area contributed by atoms with Gasteiger partial charge in [-0.25, -0.2) is 0 Å². The minimum absolute atomic E-state index is 0.258. The maximum atomic E-state index is 10.2. The first-order valence-electron chi connectivity index (χ1n) is 6.97. The number of aliphatic hydroxyl groups excluding tert-OH is 2. The van der Waals surface area contributed by atoms with Crippen molar-refractivity contribution in [2.24, 2.45) is 11.7 Å². The number of hydrogen-bond donors (Lipinski definition) is 3. The Morgan fingerprint density at radius 3 is 2.53 bits per heavy atom. The normalized spacial score (nSPS) is 23.5. The number of likely N-dealkylation sites (tertiary alicyclic amines) is 1.